The molecule has 5 rings (SSSR count). The van der Waals surface area contributed by atoms with Gasteiger partial charge in [-0.05, 0) is 24.8 Å². The molecule has 1 amide bonds. The third-order valence-electron chi connectivity index (χ3n) is 6.90. The number of rotatable bonds is 8. The average molecular weight is 412 g/mol. The van der Waals surface area contributed by atoms with E-state index in [0.29, 0.717) is 31.3 Å². The lowest BCUT2D eigenvalue weighted by Crippen LogP contribution is -2.42. The molecular weight excluding hydrogens is 382 g/mol. The highest BCUT2D eigenvalue weighted by Crippen LogP contribution is 2.54. The highest BCUT2D eigenvalue weighted by Gasteiger charge is 2.63. The molecule has 4 atom stereocenters. The molecule has 1 N–H and O–H groups in total. The molecule has 5 heterocycles. The first kappa shape index (κ1) is 19.4. The highest BCUT2D eigenvalue weighted by atomic mass is 16.5. The molecule has 3 saturated heterocycles. The Hall–Kier alpha value is -2.55. The Morgan fingerprint density at radius 2 is 2.10 bits per heavy atom. The standard InChI is InChI=1S/C21H29N7O2/c1-2-3-15-8-23-20(24-9-15)28-11-17-16(18-4-6-21(17,12-28)30-18)10-22-19(29)5-7-27-13-25-26-14-27/h8-9,13-14,16-18H,2-7,10-12H2,1H3,(H,22,29)/t16-,17+,18+,21+/m0/s1. The number of anilines is 1. The second-order valence-corrected chi connectivity index (χ2v) is 8.81. The molecule has 3 aliphatic rings. The van der Waals surface area contributed by atoms with E-state index in [1.807, 2.05) is 17.0 Å². The molecule has 0 saturated carbocycles. The summed E-state index contributed by atoms with van der Waals surface area (Å²) in [6.07, 6.45) is 12.1. The Labute approximate surface area is 176 Å². The maximum atomic E-state index is 12.3. The van der Waals surface area contributed by atoms with Crippen molar-refractivity contribution in [3.05, 3.63) is 30.6 Å². The summed E-state index contributed by atoms with van der Waals surface area (Å²) in [7, 11) is 0. The summed E-state index contributed by atoms with van der Waals surface area (Å²) in [6, 6.07) is 0. The van der Waals surface area contributed by atoms with Crippen molar-refractivity contribution in [2.24, 2.45) is 11.8 Å². The van der Waals surface area contributed by atoms with Gasteiger partial charge in [0.15, 0.2) is 0 Å². The molecule has 3 fully saturated rings. The van der Waals surface area contributed by atoms with Crippen LogP contribution in [0, 0.1) is 11.8 Å². The SMILES string of the molecule is CCCc1cnc(N2C[C@@H]3[C@H](CNC(=O)CCn4cnnc4)[C@H]4CC[C@]3(C2)O4)nc1. The van der Waals surface area contributed by atoms with Gasteiger partial charge in [0.1, 0.15) is 12.7 Å². The quantitative estimate of drug-likeness (QED) is 0.697. The van der Waals surface area contributed by atoms with Gasteiger partial charge in [0.2, 0.25) is 11.9 Å². The Morgan fingerprint density at radius 3 is 2.87 bits per heavy atom. The second kappa shape index (κ2) is 7.94. The molecule has 0 aromatic carbocycles. The van der Waals surface area contributed by atoms with Crippen molar-refractivity contribution in [2.45, 2.75) is 57.3 Å². The number of carbonyl (C=O) groups is 1. The summed E-state index contributed by atoms with van der Waals surface area (Å²) >= 11 is 0. The van der Waals surface area contributed by atoms with Crippen molar-refractivity contribution in [1.29, 1.82) is 0 Å². The van der Waals surface area contributed by atoms with Crippen LogP contribution in [-0.4, -0.2) is 62.0 Å². The first-order valence-electron chi connectivity index (χ1n) is 11.0. The van der Waals surface area contributed by atoms with Crippen molar-refractivity contribution >= 4 is 11.9 Å². The predicted molar refractivity (Wildman–Crippen MR) is 110 cm³/mol. The first-order valence-corrected chi connectivity index (χ1v) is 11.0. The number of nitrogens with zero attached hydrogens (tertiary/aromatic N) is 6. The number of aryl methyl sites for hydroxylation is 2. The molecule has 2 bridgehead atoms. The van der Waals surface area contributed by atoms with Gasteiger partial charge >= 0.3 is 0 Å². The van der Waals surface area contributed by atoms with E-state index in [4.69, 9.17) is 4.74 Å². The molecule has 2 aromatic rings. The molecule has 9 heteroatoms. The topological polar surface area (TPSA) is 98.1 Å². The van der Waals surface area contributed by atoms with Crippen LogP contribution in [-0.2, 0) is 22.5 Å². The molecule has 1 spiro atoms. The van der Waals surface area contributed by atoms with Crippen LogP contribution >= 0.6 is 0 Å². The van der Waals surface area contributed by atoms with Crippen LogP contribution in [0.3, 0.4) is 0 Å². The first-order chi connectivity index (χ1) is 14.7. The molecule has 30 heavy (non-hydrogen) atoms. The van der Waals surface area contributed by atoms with Crippen molar-refractivity contribution in [3.63, 3.8) is 0 Å². The summed E-state index contributed by atoms with van der Waals surface area (Å²) < 4.78 is 8.31. The van der Waals surface area contributed by atoms with E-state index in [9.17, 15) is 4.79 Å². The maximum Gasteiger partial charge on any atom is 0.225 e. The van der Waals surface area contributed by atoms with E-state index in [0.717, 1.165) is 44.7 Å². The highest BCUT2D eigenvalue weighted by molar-refractivity contribution is 5.75. The molecule has 2 aromatic heterocycles. The zero-order chi connectivity index (χ0) is 20.6. The number of nitrogens with one attached hydrogen (secondary N) is 1. The lowest BCUT2D eigenvalue weighted by molar-refractivity contribution is -0.121. The monoisotopic (exact) mass is 411 g/mol. The van der Waals surface area contributed by atoms with Crippen molar-refractivity contribution in [3.8, 4) is 0 Å². The zero-order valence-electron chi connectivity index (χ0n) is 17.4. The number of hydrogen-bond acceptors (Lipinski definition) is 7. The molecule has 0 aliphatic carbocycles. The fourth-order valence-electron chi connectivity index (χ4n) is 5.43. The van der Waals surface area contributed by atoms with Gasteiger partial charge in [-0.2, -0.15) is 0 Å². The van der Waals surface area contributed by atoms with Crippen molar-refractivity contribution in [1.82, 2.24) is 30.0 Å². The van der Waals surface area contributed by atoms with Crippen LogP contribution < -0.4 is 10.2 Å². The van der Waals surface area contributed by atoms with Crippen LogP contribution in [0.25, 0.3) is 0 Å². The van der Waals surface area contributed by atoms with Crippen LogP contribution in [0.4, 0.5) is 5.95 Å². The van der Waals surface area contributed by atoms with Gasteiger partial charge in [0, 0.05) is 50.3 Å². The number of fused-ring (bicyclic) bond motifs is 1. The number of carbonyl (C=O) groups excluding carboxylic acids is 1. The lowest BCUT2D eigenvalue weighted by atomic mass is 9.73. The number of aromatic nitrogens is 5. The smallest absolute Gasteiger partial charge is 0.225 e. The Balaban J connectivity index is 1.19. The lowest BCUT2D eigenvalue weighted by Gasteiger charge is -2.29. The minimum Gasteiger partial charge on any atom is -0.369 e. The van der Waals surface area contributed by atoms with Gasteiger partial charge in [0.05, 0.1) is 18.2 Å². The minimum atomic E-state index is -0.103. The third kappa shape index (κ3) is 3.55. The fourth-order valence-corrected chi connectivity index (χ4v) is 5.43. The molecule has 0 unspecified atom stereocenters. The molecule has 0 radical (unpaired) electrons. The van der Waals surface area contributed by atoms with E-state index < -0.39 is 0 Å². The zero-order valence-corrected chi connectivity index (χ0v) is 17.4. The van der Waals surface area contributed by atoms with Gasteiger partial charge in [-0.1, -0.05) is 13.3 Å². The number of hydrogen-bond donors (Lipinski definition) is 1. The van der Waals surface area contributed by atoms with E-state index in [1.165, 1.54) is 5.56 Å². The predicted octanol–water partition coefficient (Wildman–Crippen LogP) is 1.21. The normalized spacial score (nSPS) is 29.4. The van der Waals surface area contributed by atoms with Gasteiger partial charge in [0.25, 0.3) is 0 Å². The molecule has 3 aliphatic heterocycles. The Kier molecular flexibility index (Phi) is 5.14. The summed E-state index contributed by atoms with van der Waals surface area (Å²) in [5, 5.41) is 10.7. The van der Waals surface area contributed by atoms with E-state index in [2.05, 4.69) is 37.3 Å². The van der Waals surface area contributed by atoms with E-state index in [-0.39, 0.29) is 17.6 Å². The second-order valence-electron chi connectivity index (χ2n) is 8.81. The summed E-state index contributed by atoms with van der Waals surface area (Å²) in [5.74, 6) is 1.61. The van der Waals surface area contributed by atoms with Crippen molar-refractivity contribution in [2.75, 3.05) is 24.5 Å². The summed E-state index contributed by atoms with van der Waals surface area (Å²) in [6.45, 7) is 5.17. The number of ether oxygens (including phenoxy) is 1. The Bertz CT molecular complexity index is 872. The van der Waals surface area contributed by atoms with E-state index in [1.54, 1.807) is 12.7 Å². The number of amides is 1. The third-order valence-corrected chi connectivity index (χ3v) is 6.90. The molecule has 9 nitrogen and oxygen atoms in total. The maximum absolute atomic E-state index is 12.3. The van der Waals surface area contributed by atoms with Crippen LogP contribution in [0.5, 0.6) is 0 Å². The van der Waals surface area contributed by atoms with Gasteiger partial charge in [-0.15, -0.1) is 10.2 Å². The summed E-state index contributed by atoms with van der Waals surface area (Å²) in [5.41, 5.74) is 1.08. The minimum absolute atomic E-state index is 0.0604. The Morgan fingerprint density at radius 1 is 1.30 bits per heavy atom. The van der Waals surface area contributed by atoms with Gasteiger partial charge in [-0.25, -0.2) is 9.97 Å². The van der Waals surface area contributed by atoms with Crippen LogP contribution in [0.1, 0.15) is 38.2 Å². The van der Waals surface area contributed by atoms with Gasteiger partial charge < -0.3 is 19.5 Å². The largest absolute Gasteiger partial charge is 0.369 e. The molecular formula is C21H29N7O2. The van der Waals surface area contributed by atoms with Crippen LogP contribution in [0.2, 0.25) is 0 Å². The van der Waals surface area contributed by atoms with Gasteiger partial charge in [-0.3, -0.25) is 4.79 Å². The van der Waals surface area contributed by atoms with Crippen molar-refractivity contribution < 1.29 is 9.53 Å². The average Bonchev–Trinajstić information content (AvgIpc) is 3.52. The fraction of sp³-hybridized carbons (Fsp3) is 0.667. The molecule has 160 valence electrons. The van der Waals surface area contributed by atoms with E-state index >= 15 is 0 Å². The summed E-state index contributed by atoms with van der Waals surface area (Å²) in [4.78, 5) is 23.8. The van der Waals surface area contributed by atoms with Crippen LogP contribution in [0.15, 0.2) is 25.0 Å².